The SMILES string of the molecule is CC(C)C1CNC(C)(c2ccccc2)CN1C(C)C. The first-order valence-electron chi connectivity index (χ1n) is 7.50. The van der Waals surface area contributed by atoms with Crippen LogP contribution in [-0.4, -0.2) is 30.1 Å². The standard InChI is InChI=1S/C17H28N2/c1-13(2)16-11-18-17(5,12-19(16)14(3)4)15-9-7-6-8-10-15/h6-10,13-14,16,18H,11-12H2,1-5H3. The van der Waals surface area contributed by atoms with Crippen LogP contribution in [0.3, 0.4) is 0 Å². The third-order valence-electron chi connectivity index (χ3n) is 4.47. The summed E-state index contributed by atoms with van der Waals surface area (Å²) in [4.78, 5) is 2.66. The second kappa shape index (κ2) is 5.64. The number of rotatable bonds is 3. The van der Waals surface area contributed by atoms with E-state index in [4.69, 9.17) is 0 Å². The highest BCUT2D eigenvalue weighted by Gasteiger charge is 2.38. The van der Waals surface area contributed by atoms with E-state index in [-0.39, 0.29) is 5.54 Å². The van der Waals surface area contributed by atoms with Crippen molar-refractivity contribution in [1.29, 1.82) is 0 Å². The summed E-state index contributed by atoms with van der Waals surface area (Å²) in [6, 6.07) is 12.1. The predicted molar refractivity (Wildman–Crippen MR) is 82.3 cm³/mol. The van der Waals surface area contributed by atoms with Crippen LogP contribution in [0.5, 0.6) is 0 Å². The lowest BCUT2D eigenvalue weighted by molar-refractivity contribution is 0.0360. The Morgan fingerprint density at radius 1 is 1.16 bits per heavy atom. The molecule has 0 amide bonds. The molecule has 1 aromatic rings. The van der Waals surface area contributed by atoms with Gasteiger partial charge in [-0.2, -0.15) is 0 Å². The van der Waals surface area contributed by atoms with Crippen LogP contribution in [0.25, 0.3) is 0 Å². The molecular weight excluding hydrogens is 232 g/mol. The Kier molecular flexibility index (Phi) is 4.32. The molecule has 0 saturated carbocycles. The molecule has 0 bridgehead atoms. The molecule has 2 nitrogen and oxygen atoms in total. The van der Waals surface area contributed by atoms with Gasteiger partial charge < -0.3 is 5.32 Å². The summed E-state index contributed by atoms with van der Waals surface area (Å²) in [5.74, 6) is 0.690. The minimum absolute atomic E-state index is 0.0664. The lowest BCUT2D eigenvalue weighted by Gasteiger charge is -2.49. The lowest BCUT2D eigenvalue weighted by Crippen LogP contribution is -2.64. The van der Waals surface area contributed by atoms with Gasteiger partial charge in [-0.3, -0.25) is 4.90 Å². The Labute approximate surface area is 118 Å². The van der Waals surface area contributed by atoms with Crippen LogP contribution in [0, 0.1) is 5.92 Å². The molecule has 1 aliphatic rings. The molecule has 0 aromatic heterocycles. The van der Waals surface area contributed by atoms with Crippen molar-refractivity contribution in [1.82, 2.24) is 10.2 Å². The van der Waals surface area contributed by atoms with Crippen molar-refractivity contribution in [3.8, 4) is 0 Å². The monoisotopic (exact) mass is 260 g/mol. The largest absolute Gasteiger partial charge is 0.305 e. The maximum Gasteiger partial charge on any atom is 0.0535 e. The van der Waals surface area contributed by atoms with Gasteiger partial charge in [0.2, 0.25) is 0 Å². The van der Waals surface area contributed by atoms with E-state index in [0.29, 0.717) is 18.0 Å². The molecule has 2 atom stereocenters. The molecule has 1 saturated heterocycles. The fraction of sp³-hybridized carbons (Fsp3) is 0.647. The average Bonchev–Trinajstić information content (AvgIpc) is 2.39. The normalized spacial score (nSPS) is 29.1. The number of hydrogen-bond acceptors (Lipinski definition) is 2. The molecule has 106 valence electrons. The fourth-order valence-corrected chi connectivity index (χ4v) is 3.17. The molecule has 2 heteroatoms. The van der Waals surface area contributed by atoms with Crippen molar-refractivity contribution >= 4 is 0 Å². The van der Waals surface area contributed by atoms with E-state index in [1.165, 1.54) is 5.56 Å². The zero-order valence-corrected chi connectivity index (χ0v) is 13.0. The summed E-state index contributed by atoms with van der Waals surface area (Å²) >= 11 is 0. The third-order valence-corrected chi connectivity index (χ3v) is 4.47. The molecule has 0 radical (unpaired) electrons. The van der Waals surface area contributed by atoms with Crippen molar-refractivity contribution in [3.63, 3.8) is 0 Å². The van der Waals surface area contributed by atoms with E-state index in [2.05, 4.69) is 75.2 Å². The van der Waals surface area contributed by atoms with E-state index < -0.39 is 0 Å². The van der Waals surface area contributed by atoms with E-state index >= 15 is 0 Å². The minimum atomic E-state index is 0.0664. The second-order valence-electron chi connectivity index (χ2n) is 6.66. The van der Waals surface area contributed by atoms with Gasteiger partial charge in [0.1, 0.15) is 0 Å². The lowest BCUT2D eigenvalue weighted by atomic mass is 9.85. The second-order valence-corrected chi connectivity index (χ2v) is 6.66. The van der Waals surface area contributed by atoms with Gasteiger partial charge in [0.05, 0.1) is 5.54 Å². The number of nitrogens with one attached hydrogen (secondary N) is 1. The molecule has 2 rings (SSSR count). The van der Waals surface area contributed by atoms with E-state index in [1.54, 1.807) is 0 Å². The Hall–Kier alpha value is -0.860. The molecule has 1 heterocycles. The molecule has 0 aliphatic carbocycles. The van der Waals surface area contributed by atoms with Gasteiger partial charge in [-0.05, 0) is 32.3 Å². The number of hydrogen-bond donors (Lipinski definition) is 1. The van der Waals surface area contributed by atoms with Crippen LogP contribution < -0.4 is 5.32 Å². The van der Waals surface area contributed by atoms with Crippen molar-refractivity contribution in [2.45, 2.75) is 52.2 Å². The third kappa shape index (κ3) is 3.01. The Bertz CT molecular complexity index is 399. The van der Waals surface area contributed by atoms with Crippen LogP contribution >= 0.6 is 0 Å². The van der Waals surface area contributed by atoms with Crippen LogP contribution in [0.2, 0.25) is 0 Å². The first-order valence-corrected chi connectivity index (χ1v) is 7.50. The van der Waals surface area contributed by atoms with Crippen LogP contribution in [0.1, 0.15) is 40.2 Å². The quantitative estimate of drug-likeness (QED) is 0.897. The molecule has 1 N–H and O–H groups in total. The Balaban J connectivity index is 2.23. The van der Waals surface area contributed by atoms with Gasteiger partial charge in [-0.25, -0.2) is 0 Å². The molecule has 1 fully saturated rings. The molecule has 1 aliphatic heterocycles. The summed E-state index contributed by atoms with van der Waals surface area (Å²) < 4.78 is 0. The average molecular weight is 260 g/mol. The van der Waals surface area contributed by atoms with Crippen LogP contribution in [0.15, 0.2) is 30.3 Å². The number of nitrogens with zero attached hydrogens (tertiary/aromatic N) is 1. The highest BCUT2D eigenvalue weighted by atomic mass is 15.3. The van der Waals surface area contributed by atoms with Crippen molar-refractivity contribution in [2.75, 3.05) is 13.1 Å². The van der Waals surface area contributed by atoms with E-state index in [0.717, 1.165) is 13.1 Å². The van der Waals surface area contributed by atoms with Gasteiger partial charge in [0.25, 0.3) is 0 Å². The fourth-order valence-electron chi connectivity index (χ4n) is 3.17. The summed E-state index contributed by atoms with van der Waals surface area (Å²) in [6.07, 6.45) is 0. The van der Waals surface area contributed by atoms with Gasteiger partial charge in [0.15, 0.2) is 0 Å². The predicted octanol–water partition coefficient (Wildman–Crippen LogP) is 3.24. The highest BCUT2D eigenvalue weighted by molar-refractivity contribution is 5.25. The van der Waals surface area contributed by atoms with E-state index in [1.807, 2.05) is 0 Å². The molecular formula is C17H28N2. The number of piperazine rings is 1. The smallest absolute Gasteiger partial charge is 0.0535 e. The summed E-state index contributed by atoms with van der Waals surface area (Å²) in [5, 5.41) is 3.79. The zero-order chi connectivity index (χ0) is 14.0. The minimum Gasteiger partial charge on any atom is -0.305 e. The summed E-state index contributed by atoms with van der Waals surface area (Å²) in [7, 11) is 0. The molecule has 0 spiro atoms. The van der Waals surface area contributed by atoms with Crippen molar-refractivity contribution < 1.29 is 0 Å². The molecule has 2 unspecified atom stereocenters. The first-order chi connectivity index (χ1) is 8.94. The van der Waals surface area contributed by atoms with Gasteiger partial charge in [-0.1, -0.05) is 44.2 Å². The van der Waals surface area contributed by atoms with Crippen LogP contribution in [-0.2, 0) is 5.54 Å². The Morgan fingerprint density at radius 3 is 2.32 bits per heavy atom. The Morgan fingerprint density at radius 2 is 1.79 bits per heavy atom. The first kappa shape index (κ1) is 14.5. The van der Waals surface area contributed by atoms with Gasteiger partial charge >= 0.3 is 0 Å². The van der Waals surface area contributed by atoms with Gasteiger partial charge in [-0.15, -0.1) is 0 Å². The molecule has 19 heavy (non-hydrogen) atoms. The van der Waals surface area contributed by atoms with Crippen LogP contribution in [0.4, 0.5) is 0 Å². The highest BCUT2D eigenvalue weighted by Crippen LogP contribution is 2.29. The zero-order valence-electron chi connectivity index (χ0n) is 13.0. The van der Waals surface area contributed by atoms with Crippen molar-refractivity contribution in [2.24, 2.45) is 5.92 Å². The topological polar surface area (TPSA) is 15.3 Å². The molecule has 1 aromatic carbocycles. The maximum absolute atomic E-state index is 3.79. The number of benzene rings is 1. The van der Waals surface area contributed by atoms with Crippen molar-refractivity contribution in [3.05, 3.63) is 35.9 Å². The summed E-state index contributed by atoms with van der Waals surface area (Å²) in [6.45, 7) is 13.8. The maximum atomic E-state index is 3.79. The summed E-state index contributed by atoms with van der Waals surface area (Å²) in [5.41, 5.74) is 1.46. The van der Waals surface area contributed by atoms with Gasteiger partial charge in [0, 0.05) is 25.2 Å². The van der Waals surface area contributed by atoms with E-state index in [9.17, 15) is 0 Å².